The minimum atomic E-state index is 0.334. The maximum Gasteiger partial charge on any atom is 0.0645 e. The Morgan fingerprint density at radius 3 is 3.00 bits per heavy atom. The topological polar surface area (TPSA) is 21.3 Å². The van der Waals surface area contributed by atoms with Crippen molar-refractivity contribution in [3.8, 4) is 0 Å². The summed E-state index contributed by atoms with van der Waals surface area (Å²) in [6, 6.07) is 8.31. The Bertz CT molecular complexity index is 341. The van der Waals surface area contributed by atoms with Crippen molar-refractivity contribution in [3.05, 3.63) is 47.5 Å². The molecule has 17 heavy (non-hydrogen) atoms. The summed E-state index contributed by atoms with van der Waals surface area (Å²) in [4.78, 5) is 0. The van der Waals surface area contributed by atoms with Crippen LogP contribution in [0.2, 0.25) is 5.02 Å². The Morgan fingerprint density at radius 1 is 1.53 bits per heavy atom. The molecule has 0 amide bonds. The van der Waals surface area contributed by atoms with E-state index in [1.54, 1.807) is 6.08 Å². The smallest absolute Gasteiger partial charge is 0.0645 e. The molecule has 1 atom stereocenters. The first-order chi connectivity index (χ1) is 8.27. The Labute approximate surface area is 109 Å². The van der Waals surface area contributed by atoms with E-state index in [0.717, 1.165) is 18.0 Å². The lowest BCUT2D eigenvalue weighted by Gasteiger charge is -2.17. The summed E-state index contributed by atoms with van der Waals surface area (Å²) < 4.78 is 5.33. The standard InChI is InChI=1S/C14H20ClNO/c1-3-9-17-10-8-16-14(4-2)12-6-5-7-13(15)11-12/h3,5-7,11,14,16H,1,4,8-10H2,2H3. The molecule has 1 aromatic rings. The van der Waals surface area contributed by atoms with Crippen molar-refractivity contribution in [1.82, 2.24) is 5.32 Å². The molecule has 0 aromatic heterocycles. The van der Waals surface area contributed by atoms with E-state index in [-0.39, 0.29) is 0 Å². The van der Waals surface area contributed by atoms with Gasteiger partial charge in [-0.25, -0.2) is 0 Å². The van der Waals surface area contributed by atoms with Crippen LogP contribution in [0.25, 0.3) is 0 Å². The van der Waals surface area contributed by atoms with Gasteiger partial charge < -0.3 is 10.1 Å². The molecule has 0 spiro atoms. The van der Waals surface area contributed by atoms with Crippen LogP contribution in [-0.4, -0.2) is 19.8 Å². The van der Waals surface area contributed by atoms with Gasteiger partial charge in [-0.05, 0) is 24.1 Å². The van der Waals surface area contributed by atoms with Gasteiger partial charge in [0.15, 0.2) is 0 Å². The van der Waals surface area contributed by atoms with Crippen LogP contribution in [-0.2, 0) is 4.74 Å². The Kier molecular flexibility index (Phi) is 6.94. The fourth-order valence-electron chi connectivity index (χ4n) is 1.69. The van der Waals surface area contributed by atoms with Crippen LogP contribution in [0.3, 0.4) is 0 Å². The van der Waals surface area contributed by atoms with Crippen molar-refractivity contribution in [1.29, 1.82) is 0 Å². The molecule has 1 rings (SSSR count). The van der Waals surface area contributed by atoms with Gasteiger partial charge in [-0.15, -0.1) is 6.58 Å². The number of benzene rings is 1. The highest BCUT2D eigenvalue weighted by molar-refractivity contribution is 6.30. The SMILES string of the molecule is C=CCOCCNC(CC)c1cccc(Cl)c1. The summed E-state index contributed by atoms with van der Waals surface area (Å²) in [7, 11) is 0. The van der Waals surface area contributed by atoms with Gasteiger partial charge in [0.05, 0.1) is 13.2 Å². The monoisotopic (exact) mass is 253 g/mol. The van der Waals surface area contributed by atoms with Crippen LogP contribution in [0.5, 0.6) is 0 Å². The summed E-state index contributed by atoms with van der Waals surface area (Å²) in [5.74, 6) is 0. The molecule has 0 aliphatic rings. The van der Waals surface area contributed by atoms with Gasteiger partial charge in [0.2, 0.25) is 0 Å². The number of ether oxygens (including phenoxy) is 1. The first kappa shape index (κ1) is 14.2. The van der Waals surface area contributed by atoms with Gasteiger partial charge in [0.25, 0.3) is 0 Å². The van der Waals surface area contributed by atoms with Crippen molar-refractivity contribution < 1.29 is 4.74 Å². The maximum atomic E-state index is 5.98. The highest BCUT2D eigenvalue weighted by Gasteiger charge is 2.08. The van der Waals surface area contributed by atoms with E-state index < -0.39 is 0 Å². The van der Waals surface area contributed by atoms with E-state index in [0.29, 0.717) is 19.3 Å². The summed E-state index contributed by atoms with van der Waals surface area (Å²) in [6.45, 7) is 7.90. The second kappa shape index (κ2) is 8.29. The van der Waals surface area contributed by atoms with Crippen LogP contribution in [0.15, 0.2) is 36.9 Å². The lowest BCUT2D eigenvalue weighted by molar-refractivity contribution is 0.161. The molecule has 0 aliphatic carbocycles. The number of rotatable bonds is 8. The summed E-state index contributed by atoms with van der Waals surface area (Å²) >= 11 is 5.98. The molecule has 0 heterocycles. The molecule has 0 saturated carbocycles. The molecule has 2 nitrogen and oxygen atoms in total. The van der Waals surface area contributed by atoms with Crippen molar-refractivity contribution in [2.45, 2.75) is 19.4 Å². The van der Waals surface area contributed by atoms with Gasteiger partial charge in [-0.3, -0.25) is 0 Å². The highest BCUT2D eigenvalue weighted by Crippen LogP contribution is 2.19. The van der Waals surface area contributed by atoms with Crippen molar-refractivity contribution in [3.63, 3.8) is 0 Å². The molecule has 1 unspecified atom stereocenters. The molecular formula is C14H20ClNO. The predicted octanol–water partition coefficient (Wildman–Crippen LogP) is 3.58. The lowest BCUT2D eigenvalue weighted by Crippen LogP contribution is -2.25. The van der Waals surface area contributed by atoms with Crippen molar-refractivity contribution in [2.24, 2.45) is 0 Å². The molecule has 3 heteroatoms. The van der Waals surface area contributed by atoms with E-state index in [9.17, 15) is 0 Å². The van der Waals surface area contributed by atoms with Gasteiger partial charge in [0.1, 0.15) is 0 Å². The molecule has 0 bridgehead atoms. The van der Waals surface area contributed by atoms with Gasteiger partial charge in [-0.1, -0.05) is 36.7 Å². The average Bonchev–Trinajstić information content (AvgIpc) is 2.34. The third-order valence-electron chi connectivity index (χ3n) is 2.53. The molecule has 0 aliphatic heterocycles. The zero-order valence-electron chi connectivity index (χ0n) is 10.3. The van der Waals surface area contributed by atoms with E-state index in [1.165, 1.54) is 5.56 Å². The van der Waals surface area contributed by atoms with Crippen LogP contribution < -0.4 is 5.32 Å². The zero-order valence-corrected chi connectivity index (χ0v) is 11.0. The Morgan fingerprint density at radius 2 is 2.35 bits per heavy atom. The Balaban J connectivity index is 2.40. The van der Waals surface area contributed by atoms with Gasteiger partial charge in [-0.2, -0.15) is 0 Å². The van der Waals surface area contributed by atoms with Crippen molar-refractivity contribution in [2.75, 3.05) is 19.8 Å². The normalized spacial score (nSPS) is 12.4. The van der Waals surface area contributed by atoms with E-state index >= 15 is 0 Å². The fraction of sp³-hybridized carbons (Fsp3) is 0.429. The minimum Gasteiger partial charge on any atom is -0.376 e. The first-order valence-corrected chi connectivity index (χ1v) is 6.33. The molecule has 0 saturated heterocycles. The second-order valence-corrected chi connectivity index (χ2v) is 4.27. The predicted molar refractivity (Wildman–Crippen MR) is 73.5 cm³/mol. The van der Waals surface area contributed by atoms with Crippen LogP contribution in [0, 0.1) is 0 Å². The maximum absolute atomic E-state index is 5.98. The van der Waals surface area contributed by atoms with E-state index in [4.69, 9.17) is 16.3 Å². The third-order valence-corrected chi connectivity index (χ3v) is 2.77. The summed E-state index contributed by atoms with van der Waals surface area (Å²) in [5, 5.41) is 4.24. The lowest BCUT2D eigenvalue weighted by atomic mass is 10.0. The fourth-order valence-corrected chi connectivity index (χ4v) is 1.89. The number of hydrogen-bond donors (Lipinski definition) is 1. The largest absolute Gasteiger partial charge is 0.376 e. The molecule has 94 valence electrons. The number of nitrogens with one attached hydrogen (secondary N) is 1. The van der Waals surface area contributed by atoms with Gasteiger partial charge >= 0.3 is 0 Å². The number of hydrogen-bond acceptors (Lipinski definition) is 2. The second-order valence-electron chi connectivity index (χ2n) is 3.83. The Hall–Kier alpha value is -0.830. The molecular weight excluding hydrogens is 234 g/mol. The van der Waals surface area contributed by atoms with Crippen molar-refractivity contribution >= 4 is 11.6 Å². The van der Waals surface area contributed by atoms with Gasteiger partial charge in [0, 0.05) is 17.6 Å². The average molecular weight is 254 g/mol. The van der Waals surface area contributed by atoms with Crippen LogP contribution in [0.1, 0.15) is 24.9 Å². The third kappa shape index (κ3) is 5.35. The summed E-state index contributed by atoms with van der Waals surface area (Å²) in [5.41, 5.74) is 1.23. The first-order valence-electron chi connectivity index (χ1n) is 5.95. The van der Waals surface area contributed by atoms with E-state index in [1.807, 2.05) is 18.2 Å². The molecule has 1 N–H and O–H groups in total. The number of halogens is 1. The zero-order chi connectivity index (χ0) is 12.5. The van der Waals surface area contributed by atoms with Crippen LogP contribution >= 0.6 is 11.6 Å². The molecule has 0 radical (unpaired) electrons. The quantitative estimate of drug-likeness (QED) is 0.565. The van der Waals surface area contributed by atoms with Crippen LogP contribution in [0.4, 0.5) is 0 Å². The van der Waals surface area contributed by atoms with E-state index in [2.05, 4.69) is 24.9 Å². The minimum absolute atomic E-state index is 0.334. The molecule has 0 fully saturated rings. The highest BCUT2D eigenvalue weighted by atomic mass is 35.5. The summed E-state index contributed by atoms with van der Waals surface area (Å²) in [6.07, 6.45) is 2.79. The molecule has 1 aromatic carbocycles.